The Bertz CT molecular complexity index is 429. The minimum absolute atomic E-state index is 0.217. The summed E-state index contributed by atoms with van der Waals surface area (Å²) >= 11 is 1.12. The Morgan fingerprint density at radius 1 is 1.47 bits per heavy atom. The highest BCUT2D eigenvalue weighted by Crippen LogP contribution is 2.11. The third kappa shape index (κ3) is 5.38. The molecule has 0 bridgehead atoms. The maximum atomic E-state index is 11.8. The van der Waals surface area contributed by atoms with Gasteiger partial charge in [0.2, 0.25) is 5.01 Å². The minimum Gasteiger partial charge on any atom is -0.461 e. The van der Waals surface area contributed by atoms with Gasteiger partial charge in [0.1, 0.15) is 5.69 Å². The zero-order valence-corrected chi connectivity index (χ0v) is 12.4. The Kier molecular flexibility index (Phi) is 6.49. The number of nitrogens with one attached hydrogen (secondary N) is 1. The number of hydrogen-bond acceptors (Lipinski definition) is 5. The molecule has 1 rings (SSSR count). The van der Waals surface area contributed by atoms with Crippen molar-refractivity contribution in [3.8, 4) is 0 Å². The Hall–Kier alpha value is -1.43. The van der Waals surface area contributed by atoms with Gasteiger partial charge >= 0.3 is 5.97 Å². The number of rotatable bonds is 7. The summed E-state index contributed by atoms with van der Waals surface area (Å²) in [5.41, 5.74) is 0.276. The normalized spacial score (nSPS) is 10.5. The molecule has 0 saturated carbocycles. The van der Waals surface area contributed by atoms with Gasteiger partial charge in [0.05, 0.1) is 6.61 Å². The highest BCUT2D eigenvalue weighted by atomic mass is 32.1. The molecule has 6 heteroatoms. The maximum Gasteiger partial charge on any atom is 0.367 e. The van der Waals surface area contributed by atoms with E-state index in [-0.39, 0.29) is 16.6 Å². The first-order valence-corrected chi connectivity index (χ1v) is 7.33. The molecule has 1 aromatic heterocycles. The molecule has 1 heterocycles. The molecule has 19 heavy (non-hydrogen) atoms. The fraction of sp³-hybridized carbons (Fsp3) is 0.615. The number of hydrogen-bond donors (Lipinski definition) is 1. The number of thiazole rings is 1. The summed E-state index contributed by atoms with van der Waals surface area (Å²) in [6.07, 6.45) is 2.02. The molecular formula is C13H20N2O3S. The fourth-order valence-corrected chi connectivity index (χ4v) is 2.16. The van der Waals surface area contributed by atoms with Crippen molar-refractivity contribution in [3.05, 3.63) is 16.1 Å². The van der Waals surface area contributed by atoms with E-state index in [1.54, 1.807) is 12.3 Å². The predicted octanol–water partition coefficient (Wildman–Crippen LogP) is 2.49. The van der Waals surface area contributed by atoms with E-state index in [0.29, 0.717) is 19.1 Å². The second-order valence-electron chi connectivity index (χ2n) is 4.55. The molecule has 0 aliphatic rings. The highest BCUT2D eigenvalue weighted by Gasteiger charge is 2.15. The summed E-state index contributed by atoms with van der Waals surface area (Å²) in [5.74, 6) is -0.0893. The average Bonchev–Trinajstić information content (AvgIpc) is 2.84. The van der Waals surface area contributed by atoms with Gasteiger partial charge in [-0.1, -0.05) is 13.8 Å². The third-order valence-electron chi connectivity index (χ3n) is 2.43. The first kappa shape index (κ1) is 15.6. The quantitative estimate of drug-likeness (QED) is 0.617. The Balaban J connectivity index is 2.43. The Morgan fingerprint density at radius 3 is 2.84 bits per heavy atom. The van der Waals surface area contributed by atoms with Crippen LogP contribution < -0.4 is 5.32 Å². The minimum atomic E-state index is -0.480. The molecule has 0 spiro atoms. The molecule has 0 unspecified atom stereocenters. The number of ether oxygens (including phenoxy) is 1. The molecule has 106 valence electrons. The number of amides is 1. The van der Waals surface area contributed by atoms with Crippen LogP contribution in [0.2, 0.25) is 0 Å². The Morgan fingerprint density at radius 2 is 2.21 bits per heavy atom. The SMILES string of the molecule is CCOC(=O)c1nc(C(=O)NCCCC(C)C)cs1. The van der Waals surface area contributed by atoms with E-state index >= 15 is 0 Å². The number of aromatic nitrogens is 1. The highest BCUT2D eigenvalue weighted by molar-refractivity contribution is 7.11. The maximum absolute atomic E-state index is 11.8. The van der Waals surface area contributed by atoms with Gasteiger partial charge in [0.15, 0.2) is 0 Å². The van der Waals surface area contributed by atoms with Crippen molar-refractivity contribution in [2.45, 2.75) is 33.6 Å². The lowest BCUT2D eigenvalue weighted by molar-refractivity contribution is 0.0526. The van der Waals surface area contributed by atoms with Crippen molar-refractivity contribution in [1.29, 1.82) is 0 Å². The van der Waals surface area contributed by atoms with Crippen LogP contribution in [0, 0.1) is 5.92 Å². The largest absolute Gasteiger partial charge is 0.461 e. The van der Waals surface area contributed by atoms with Gasteiger partial charge in [-0.15, -0.1) is 11.3 Å². The molecule has 0 aliphatic heterocycles. The van der Waals surface area contributed by atoms with Gasteiger partial charge in [-0.3, -0.25) is 4.79 Å². The second kappa shape index (κ2) is 7.89. The van der Waals surface area contributed by atoms with Crippen molar-refractivity contribution >= 4 is 23.2 Å². The number of carbonyl (C=O) groups is 2. The number of carbonyl (C=O) groups excluding carboxylic acids is 2. The molecular weight excluding hydrogens is 264 g/mol. The summed E-state index contributed by atoms with van der Waals surface area (Å²) in [4.78, 5) is 27.1. The third-order valence-corrected chi connectivity index (χ3v) is 3.25. The zero-order valence-electron chi connectivity index (χ0n) is 11.6. The van der Waals surface area contributed by atoms with Crippen LogP contribution in [-0.4, -0.2) is 30.0 Å². The average molecular weight is 284 g/mol. The standard InChI is InChI=1S/C13H20N2O3S/c1-4-18-13(17)12-15-10(8-19-12)11(16)14-7-5-6-9(2)3/h8-9H,4-7H2,1-3H3,(H,14,16). The van der Waals surface area contributed by atoms with Gasteiger partial charge in [-0.25, -0.2) is 9.78 Å². The van der Waals surface area contributed by atoms with Gasteiger partial charge in [0, 0.05) is 11.9 Å². The molecule has 0 atom stereocenters. The summed E-state index contributed by atoms with van der Waals surface area (Å²) < 4.78 is 4.82. The van der Waals surface area contributed by atoms with E-state index in [4.69, 9.17) is 4.74 Å². The summed E-state index contributed by atoms with van der Waals surface area (Å²) in [7, 11) is 0. The molecule has 0 aliphatic carbocycles. The topological polar surface area (TPSA) is 68.3 Å². The van der Waals surface area contributed by atoms with Crippen LogP contribution in [0.15, 0.2) is 5.38 Å². The van der Waals surface area contributed by atoms with Crippen LogP contribution >= 0.6 is 11.3 Å². The molecule has 5 nitrogen and oxygen atoms in total. The van der Waals surface area contributed by atoms with Gasteiger partial charge in [0.25, 0.3) is 5.91 Å². The van der Waals surface area contributed by atoms with Gasteiger partial charge in [-0.05, 0) is 25.7 Å². The molecule has 0 saturated heterocycles. The number of nitrogens with zero attached hydrogens (tertiary/aromatic N) is 1. The molecule has 0 fully saturated rings. The van der Waals surface area contributed by atoms with Crippen LogP contribution in [0.4, 0.5) is 0 Å². The first-order valence-electron chi connectivity index (χ1n) is 6.45. The molecule has 0 aromatic carbocycles. The van der Waals surface area contributed by atoms with Crippen LogP contribution in [0.25, 0.3) is 0 Å². The van der Waals surface area contributed by atoms with Crippen molar-refractivity contribution in [2.75, 3.05) is 13.2 Å². The lowest BCUT2D eigenvalue weighted by Crippen LogP contribution is -2.25. The van der Waals surface area contributed by atoms with Crippen LogP contribution in [-0.2, 0) is 4.74 Å². The van der Waals surface area contributed by atoms with E-state index in [1.807, 2.05) is 0 Å². The van der Waals surface area contributed by atoms with Crippen molar-refractivity contribution in [1.82, 2.24) is 10.3 Å². The monoisotopic (exact) mass is 284 g/mol. The summed E-state index contributed by atoms with van der Waals surface area (Å²) in [6.45, 7) is 6.95. The van der Waals surface area contributed by atoms with E-state index < -0.39 is 5.97 Å². The van der Waals surface area contributed by atoms with E-state index in [1.165, 1.54) is 0 Å². The second-order valence-corrected chi connectivity index (χ2v) is 5.41. The zero-order chi connectivity index (χ0) is 14.3. The molecule has 1 aromatic rings. The van der Waals surface area contributed by atoms with Gasteiger partial charge in [-0.2, -0.15) is 0 Å². The van der Waals surface area contributed by atoms with E-state index in [0.717, 1.165) is 24.2 Å². The lowest BCUT2D eigenvalue weighted by Gasteiger charge is -2.05. The fourth-order valence-electron chi connectivity index (χ4n) is 1.47. The van der Waals surface area contributed by atoms with Crippen molar-refractivity contribution in [3.63, 3.8) is 0 Å². The van der Waals surface area contributed by atoms with Crippen molar-refractivity contribution < 1.29 is 14.3 Å². The smallest absolute Gasteiger partial charge is 0.367 e. The van der Waals surface area contributed by atoms with Gasteiger partial charge < -0.3 is 10.1 Å². The molecule has 0 radical (unpaired) electrons. The summed E-state index contributed by atoms with van der Waals surface area (Å²) in [5, 5.41) is 4.58. The molecule has 1 N–H and O–H groups in total. The number of esters is 1. The Labute approximate surface area is 117 Å². The van der Waals surface area contributed by atoms with E-state index in [2.05, 4.69) is 24.1 Å². The summed E-state index contributed by atoms with van der Waals surface area (Å²) in [6, 6.07) is 0. The predicted molar refractivity (Wildman–Crippen MR) is 74.5 cm³/mol. The lowest BCUT2D eigenvalue weighted by atomic mass is 10.1. The van der Waals surface area contributed by atoms with E-state index in [9.17, 15) is 9.59 Å². The van der Waals surface area contributed by atoms with Crippen LogP contribution in [0.3, 0.4) is 0 Å². The van der Waals surface area contributed by atoms with Crippen molar-refractivity contribution in [2.24, 2.45) is 5.92 Å². The van der Waals surface area contributed by atoms with Crippen LogP contribution in [0.5, 0.6) is 0 Å². The first-order chi connectivity index (χ1) is 9.04. The van der Waals surface area contributed by atoms with Crippen LogP contribution in [0.1, 0.15) is 53.9 Å². The molecule has 1 amide bonds.